The lowest BCUT2D eigenvalue weighted by Crippen LogP contribution is -2.41. The van der Waals surface area contributed by atoms with Gasteiger partial charge in [-0.15, -0.1) is 0 Å². The van der Waals surface area contributed by atoms with Gasteiger partial charge in [-0.25, -0.2) is 4.79 Å². The van der Waals surface area contributed by atoms with E-state index in [9.17, 15) is 14.4 Å². The maximum Gasteiger partial charge on any atom is 0.326 e. The minimum absolute atomic E-state index is 0.0296. The first kappa shape index (κ1) is 14.0. The van der Waals surface area contributed by atoms with E-state index >= 15 is 0 Å². The second kappa shape index (κ2) is 6.06. The number of hydrogen-bond donors (Lipinski definition) is 3. The van der Waals surface area contributed by atoms with Gasteiger partial charge in [0.25, 0.3) is 5.91 Å². The van der Waals surface area contributed by atoms with Gasteiger partial charge in [-0.1, -0.05) is 0 Å². The van der Waals surface area contributed by atoms with Gasteiger partial charge in [-0.2, -0.15) is 0 Å². The third-order valence-corrected chi connectivity index (χ3v) is 2.44. The van der Waals surface area contributed by atoms with E-state index in [1.54, 1.807) is 0 Å². The lowest BCUT2D eigenvalue weighted by atomic mass is 10.1. The van der Waals surface area contributed by atoms with E-state index in [2.05, 4.69) is 5.32 Å². The molecule has 0 saturated heterocycles. The number of furan rings is 1. The minimum atomic E-state index is -1.26. The molecule has 0 spiro atoms. The summed E-state index contributed by atoms with van der Waals surface area (Å²) in [7, 11) is 0. The Morgan fingerprint density at radius 1 is 1.50 bits per heavy atom. The molecule has 0 fully saturated rings. The van der Waals surface area contributed by atoms with Crippen molar-refractivity contribution in [2.45, 2.75) is 18.9 Å². The van der Waals surface area contributed by atoms with Gasteiger partial charge in [0, 0.05) is 6.42 Å². The average Bonchev–Trinajstić information content (AvgIpc) is 2.69. The quantitative estimate of drug-likeness (QED) is 0.692. The zero-order valence-corrected chi connectivity index (χ0v) is 9.94. The minimum Gasteiger partial charge on any atom is -0.480 e. The van der Waals surface area contributed by atoms with Crippen LogP contribution in [0.25, 0.3) is 0 Å². The van der Waals surface area contributed by atoms with Crippen molar-refractivity contribution >= 4 is 29.4 Å². The molecule has 0 saturated carbocycles. The SMILES string of the molecule is NC(=O)CC[C@@H](NC(=O)c1ccoc1Cl)C(=O)O. The Morgan fingerprint density at radius 2 is 2.17 bits per heavy atom. The normalized spacial score (nSPS) is 11.8. The number of amides is 2. The first-order chi connectivity index (χ1) is 8.41. The highest BCUT2D eigenvalue weighted by Gasteiger charge is 2.23. The van der Waals surface area contributed by atoms with Crippen molar-refractivity contribution in [3.8, 4) is 0 Å². The second-order valence-electron chi connectivity index (χ2n) is 3.48. The Kier molecular flexibility index (Phi) is 4.73. The summed E-state index contributed by atoms with van der Waals surface area (Å²) in [5.74, 6) is -2.59. The van der Waals surface area contributed by atoms with Gasteiger partial charge in [0.15, 0.2) is 0 Å². The monoisotopic (exact) mass is 274 g/mol. The van der Waals surface area contributed by atoms with Gasteiger partial charge < -0.3 is 20.6 Å². The molecule has 1 rings (SSSR count). The lowest BCUT2D eigenvalue weighted by Gasteiger charge is -2.12. The molecule has 0 aliphatic carbocycles. The molecule has 0 aliphatic rings. The predicted octanol–water partition coefficient (Wildman–Crippen LogP) is 0.381. The van der Waals surface area contributed by atoms with E-state index in [-0.39, 0.29) is 23.6 Å². The summed E-state index contributed by atoms with van der Waals surface area (Å²) in [6, 6.07) is 0.0981. The smallest absolute Gasteiger partial charge is 0.326 e. The molecule has 7 nitrogen and oxygen atoms in total. The Balaban J connectivity index is 2.67. The zero-order valence-electron chi connectivity index (χ0n) is 9.18. The first-order valence-corrected chi connectivity index (χ1v) is 5.34. The molecule has 0 unspecified atom stereocenters. The van der Waals surface area contributed by atoms with Crippen LogP contribution in [-0.4, -0.2) is 28.9 Å². The number of aliphatic carboxylic acids is 1. The van der Waals surface area contributed by atoms with Crippen LogP contribution in [0.4, 0.5) is 0 Å². The third-order valence-electron chi connectivity index (χ3n) is 2.15. The van der Waals surface area contributed by atoms with Gasteiger partial charge in [-0.05, 0) is 24.1 Å². The van der Waals surface area contributed by atoms with E-state index in [1.807, 2.05) is 0 Å². The molecule has 1 aromatic heterocycles. The van der Waals surface area contributed by atoms with Crippen LogP contribution in [0.15, 0.2) is 16.7 Å². The van der Waals surface area contributed by atoms with Crippen molar-refractivity contribution in [1.29, 1.82) is 0 Å². The topological polar surface area (TPSA) is 123 Å². The highest BCUT2D eigenvalue weighted by Crippen LogP contribution is 2.16. The summed E-state index contributed by atoms with van der Waals surface area (Å²) < 4.78 is 4.71. The summed E-state index contributed by atoms with van der Waals surface area (Å²) >= 11 is 5.58. The van der Waals surface area contributed by atoms with Crippen LogP contribution in [0.2, 0.25) is 5.22 Å². The van der Waals surface area contributed by atoms with Crippen LogP contribution < -0.4 is 11.1 Å². The molecule has 4 N–H and O–H groups in total. The molecule has 8 heteroatoms. The molecule has 0 aromatic carbocycles. The predicted molar refractivity (Wildman–Crippen MR) is 61.0 cm³/mol. The Bertz CT molecular complexity index is 471. The Labute approximate surface area is 107 Å². The van der Waals surface area contributed by atoms with E-state index < -0.39 is 23.8 Å². The van der Waals surface area contributed by atoms with Crippen molar-refractivity contribution in [3.63, 3.8) is 0 Å². The van der Waals surface area contributed by atoms with Crippen LogP contribution in [-0.2, 0) is 9.59 Å². The number of halogens is 1. The molecule has 98 valence electrons. The number of rotatable bonds is 6. The van der Waals surface area contributed by atoms with Crippen LogP contribution in [0.5, 0.6) is 0 Å². The van der Waals surface area contributed by atoms with Crippen LogP contribution >= 0.6 is 11.6 Å². The second-order valence-corrected chi connectivity index (χ2v) is 3.82. The fourth-order valence-electron chi connectivity index (χ4n) is 1.24. The molecule has 1 aromatic rings. The summed E-state index contributed by atoms with van der Waals surface area (Å²) in [4.78, 5) is 33.1. The molecule has 0 bridgehead atoms. The highest BCUT2D eigenvalue weighted by molar-refractivity contribution is 6.32. The molecule has 0 aliphatic heterocycles. The maximum atomic E-state index is 11.7. The van der Waals surface area contributed by atoms with E-state index in [1.165, 1.54) is 12.3 Å². The number of nitrogens with one attached hydrogen (secondary N) is 1. The maximum absolute atomic E-state index is 11.7. The van der Waals surface area contributed by atoms with E-state index in [0.717, 1.165) is 0 Å². The average molecular weight is 275 g/mol. The summed E-state index contributed by atoms with van der Waals surface area (Å²) in [6.45, 7) is 0. The highest BCUT2D eigenvalue weighted by atomic mass is 35.5. The van der Waals surface area contributed by atoms with Crippen LogP contribution in [0.1, 0.15) is 23.2 Å². The van der Waals surface area contributed by atoms with Gasteiger partial charge in [0.05, 0.1) is 11.8 Å². The standard InChI is InChI=1S/C10H11ClN2O5/c11-8-5(3-4-18-8)9(15)13-6(10(16)17)1-2-7(12)14/h3-4,6H,1-2H2,(H2,12,14)(H,13,15)(H,16,17)/t6-/m1/s1. The van der Waals surface area contributed by atoms with E-state index in [0.29, 0.717) is 0 Å². The van der Waals surface area contributed by atoms with Gasteiger partial charge in [0.1, 0.15) is 6.04 Å². The number of hydrogen-bond acceptors (Lipinski definition) is 4. The van der Waals surface area contributed by atoms with Gasteiger partial charge >= 0.3 is 5.97 Å². The van der Waals surface area contributed by atoms with Crippen molar-refractivity contribution in [1.82, 2.24) is 5.32 Å². The molecular formula is C10H11ClN2O5. The number of primary amides is 1. The van der Waals surface area contributed by atoms with Gasteiger partial charge in [0.2, 0.25) is 11.1 Å². The molecule has 1 atom stereocenters. The number of carbonyl (C=O) groups is 3. The Morgan fingerprint density at radius 3 is 2.61 bits per heavy atom. The van der Waals surface area contributed by atoms with Gasteiger partial charge in [-0.3, -0.25) is 9.59 Å². The fraction of sp³-hybridized carbons (Fsp3) is 0.300. The Hall–Kier alpha value is -2.02. The fourth-order valence-corrected chi connectivity index (χ4v) is 1.44. The first-order valence-electron chi connectivity index (χ1n) is 4.96. The lowest BCUT2D eigenvalue weighted by molar-refractivity contribution is -0.139. The largest absolute Gasteiger partial charge is 0.480 e. The summed E-state index contributed by atoms with van der Waals surface area (Å²) in [5, 5.41) is 11.0. The molecule has 2 amide bonds. The number of carbonyl (C=O) groups excluding carboxylic acids is 2. The molecule has 18 heavy (non-hydrogen) atoms. The molecular weight excluding hydrogens is 264 g/mol. The van der Waals surface area contributed by atoms with Crippen LogP contribution in [0.3, 0.4) is 0 Å². The summed E-state index contributed by atoms with van der Waals surface area (Å²) in [6.07, 6.45) is 0.971. The van der Waals surface area contributed by atoms with Crippen molar-refractivity contribution in [2.75, 3.05) is 0 Å². The third kappa shape index (κ3) is 3.77. The van der Waals surface area contributed by atoms with Crippen LogP contribution in [0, 0.1) is 0 Å². The number of carboxylic acids is 1. The molecule has 1 heterocycles. The van der Waals surface area contributed by atoms with E-state index in [4.69, 9.17) is 26.9 Å². The van der Waals surface area contributed by atoms with Crippen molar-refractivity contribution < 1.29 is 23.9 Å². The van der Waals surface area contributed by atoms with Crippen molar-refractivity contribution in [3.05, 3.63) is 23.1 Å². The summed E-state index contributed by atoms with van der Waals surface area (Å²) in [5.41, 5.74) is 4.94. The zero-order chi connectivity index (χ0) is 13.7. The number of nitrogens with two attached hydrogens (primary N) is 1. The van der Waals surface area contributed by atoms with Crippen molar-refractivity contribution in [2.24, 2.45) is 5.73 Å². The number of carboxylic acid groups (broad SMARTS) is 1. The molecule has 0 radical (unpaired) electrons.